The van der Waals surface area contributed by atoms with Gasteiger partial charge in [0.1, 0.15) is 5.02 Å². The van der Waals surface area contributed by atoms with Crippen molar-refractivity contribution in [2.24, 2.45) is 7.05 Å². The summed E-state index contributed by atoms with van der Waals surface area (Å²) in [5.41, 5.74) is 3.01. The first-order valence-corrected chi connectivity index (χ1v) is 10.6. The van der Waals surface area contributed by atoms with E-state index >= 15 is 0 Å². The number of anilines is 2. The van der Waals surface area contributed by atoms with E-state index in [1.165, 1.54) is 15.9 Å². The molecule has 156 valence electrons. The summed E-state index contributed by atoms with van der Waals surface area (Å²) in [5, 5.41) is 7.72. The van der Waals surface area contributed by atoms with E-state index in [2.05, 4.69) is 44.5 Å². The van der Waals surface area contributed by atoms with Crippen LogP contribution in [0.15, 0.2) is 35.3 Å². The quantitative estimate of drug-likeness (QED) is 0.805. The molecule has 2 aromatic rings. The van der Waals surface area contributed by atoms with E-state index in [1.54, 1.807) is 13.2 Å². The van der Waals surface area contributed by atoms with E-state index in [0.717, 1.165) is 58.8 Å². The predicted octanol–water partition coefficient (Wildman–Crippen LogP) is 2.35. The van der Waals surface area contributed by atoms with Crippen LogP contribution in [0.5, 0.6) is 0 Å². The highest BCUT2D eigenvalue weighted by Gasteiger charge is 2.23. The summed E-state index contributed by atoms with van der Waals surface area (Å²) in [5.74, 6) is 0. The Bertz CT molecular complexity index is 897. The third-order valence-corrected chi connectivity index (χ3v) is 6.05. The summed E-state index contributed by atoms with van der Waals surface area (Å²) in [4.78, 5) is 16.9. The minimum absolute atomic E-state index is 0.206. The molecule has 0 saturated carbocycles. The second-order valence-electron chi connectivity index (χ2n) is 7.75. The van der Waals surface area contributed by atoms with Gasteiger partial charge < -0.3 is 15.0 Å². The highest BCUT2D eigenvalue weighted by atomic mass is 35.5. The van der Waals surface area contributed by atoms with Gasteiger partial charge in [-0.25, -0.2) is 4.68 Å². The fourth-order valence-electron chi connectivity index (χ4n) is 4.15. The average Bonchev–Trinajstić information content (AvgIpc) is 2.75. The molecule has 2 fully saturated rings. The minimum Gasteiger partial charge on any atom is -0.378 e. The van der Waals surface area contributed by atoms with Crippen molar-refractivity contribution in [1.82, 2.24) is 14.7 Å². The fourth-order valence-corrected chi connectivity index (χ4v) is 4.37. The van der Waals surface area contributed by atoms with Crippen LogP contribution in [0.25, 0.3) is 0 Å². The van der Waals surface area contributed by atoms with Crippen molar-refractivity contribution in [2.45, 2.75) is 25.4 Å². The maximum Gasteiger partial charge on any atom is 0.287 e. The van der Waals surface area contributed by atoms with Gasteiger partial charge in [0.05, 0.1) is 25.1 Å². The van der Waals surface area contributed by atoms with Crippen LogP contribution in [-0.2, 0) is 18.3 Å². The summed E-state index contributed by atoms with van der Waals surface area (Å²) in [6, 6.07) is 8.91. The number of rotatable bonds is 5. The molecule has 1 unspecified atom stereocenters. The SMILES string of the molecule is Cn1ncc(NC2CCCN(Cc3ccccc3N3CCOCC3)C2)c(Cl)c1=O. The number of ether oxygens (including phenoxy) is 1. The molecule has 2 saturated heterocycles. The Morgan fingerprint density at radius 1 is 1.24 bits per heavy atom. The maximum absolute atomic E-state index is 12.0. The Morgan fingerprint density at radius 2 is 2.03 bits per heavy atom. The summed E-state index contributed by atoms with van der Waals surface area (Å²) in [7, 11) is 1.60. The zero-order valence-corrected chi connectivity index (χ0v) is 17.6. The number of aromatic nitrogens is 2. The highest BCUT2D eigenvalue weighted by Crippen LogP contribution is 2.25. The second kappa shape index (κ2) is 9.15. The van der Waals surface area contributed by atoms with Gasteiger partial charge in [-0.2, -0.15) is 5.10 Å². The van der Waals surface area contributed by atoms with Gasteiger partial charge in [-0.3, -0.25) is 9.69 Å². The van der Waals surface area contributed by atoms with Gasteiger partial charge in [0, 0.05) is 45.0 Å². The van der Waals surface area contributed by atoms with Gasteiger partial charge in [-0.05, 0) is 31.0 Å². The summed E-state index contributed by atoms with van der Waals surface area (Å²) in [6.07, 6.45) is 3.79. The van der Waals surface area contributed by atoms with Crippen LogP contribution in [0.2, 0.25) is 5.02 Å². The predicted molar refractivity (Wildman–Crippen MR) is 116 cm³/mol. The largest absolute Gasteiger partial charge is 0.378 e. The number of hydrogen-bond acceptors (Lipinski definition) is 6. The first-order chi connectivity index (χ1) is 14.1. The standard InChI is InChI=1S/C21H28ClN5O2/c1-25-21(28)20(22)18(13-23-25)24-17-6-4-8-26(15-17)14-16-5-2-3-7-19(16)27-9-11-29-12-10-27/h2-3,5,7,13,17,24H,4,6,8-12,14-15H2,1H3. The van der Waals surface area contributed by atoms with Crippen LogP contribution in [-0.4, -0.2) is 60.1 Å². The zero-order valence-electron chi connectivity index (χ0n) is 16.8. The second-order valence-corrected chi connectivity index (χ2v) is 8.13. The van der Waals surface area contributed by atoms with Crippen LogP contribution in [0.3, 0.4) is 0 Å². The zero-order chi connectivity index (χ0) is 20.2. The molecule has 1 aromatic carbocycles. The van der Waals surface area contributed by atoms with Gasteiger partial charge in [-0.1, -0.05) is 29.8 Å². The Kier molecular flexibility index (Phi) is 6.37. The topological polar surface area (TPSA) is 62.6 Å². The molecule has 0 amide bonds. The number of hydrogen-bond donors (Lipinski definition) is 1. The lowest BCUT2D eigenvalue weighted by Gasteiger charge is -2.35. The van der Waals surface area contributed by atoms with Crippen molar-refractivity contribution in [3.05, 3.63) is 51.4 Å². The van der Waals surface area contributed by atoms with Gasteiger partial charge >= 0.3 is 0 Å². The molecule has 1 N–H and O–H groups in total. The molecule has 7 nitrogen and oxygen atoms in total. The van der Waals surface area contributed by atoms with E-state index in [4.69, 9.17) is 16.3 Å². The number of morpholine rings is 1. The minimum atomic E-state index is -0.274. The van der Waals surface area contributed by atoms with Gasteiger partial charge in [0.25, 0.3) is 5.56 Å². The van der Waals surface area contributed by atoms with Crippen molar-refractivity contribution >= 4 is 23.0 Å². The molecular formula is C21H28ClN5O2. The molecule has 1 atom stereocenters. The number of nitrogens with one attached hydrogen (secondary N) is 1. The number of para-hydroxylation sites is 1. The van der Waals surface area contributed by atoms with E-state index in [-0.39, 0.29) is 16.6 Å². The number of nitrogens with zero attached hydrogens (tertiary/aromatic N) is 4. The van der Waals surface area contributed by atoms with Gasteiger partial charge in [0.15, 0.2) is 0 Å². The van der Waals surface area contributed by atoms with Crippen molar-refractivity contribution in [1.29, 1.82) is 0 Å². The molecule has 1 aromatic heterocycles. The van der Waals surface area contributed by atoms with Crippen LogP contribution in [0, 0.1) is 0 Å². The van der Waals surface area contributed by atoms with Crippen LogP contribution in [0.4, 0.5) is 11.4 Å². The summed E-state index contributed by atoms with van der Waals surface area (Å²) < 4.78 is 6.76. The third kappa shape index (κ3) is 4.74. The van der Waals surface area contributed by atoms with Crippen LogP contribution in [0.1, 0.15) is 18.4 Å². The van der Waals surface area contributed by atoms with Gasteiger partial charge in [0.2, 0.25) is 0 Å². The van der Waals surface area contributed by atoms with Crippen molar-refractivity contribution in [2.75, 3.05) is 49.6 Å². The lowest BCUT2D eigenvalue weighted by atomic mass is 10.0. The number of halogens is 1. The fraction of sp³-hybridized carbons (Fsp3) is 0.524. The Hall–Kier alpha value is -2.09. The first kappa shape index (κ1) is 20.2. The average molecular weight is 418 g/mol. The lowest BCUT2D eigenvalue weighted by molar-refractivity contribution is 0.122. The molecule has 0 radical (unpaired) electrons. The highest BCUT2D eigenvalue weighted by molar-refractivity contribution is 6.32. The molecular weight excluding hydrogens is 390 g/mol. The monoisotopic (exact) mass is 417 g/mol. The smallest absolute Gasteiger partial charge is 0.287 e. The Morgan fingerprint density at radius 3 is 2.86 bits per heavy atom. The maximum atomic E-state index is 12.0. The normalized spacial score (nSPS) is 20.6. The molecule has 4 rings (SSSR count). The molecule has 0 bridgehead atoms. The number of piperidine rings is 1. The molecule has 29 heavy (non-hydrogen) atoms. The first-order valence-electron chi connectivity index (χ1n) is 10.2. The number of benzene rings is 1. The van der Waals surface area contributed by atoms with Crippen LogP contribution < -0.4 is 15.8 Å². The third-order valence-electron chi connectivity index (χ3n) is 5.68. The van der Waals surface area contributed by atoms with E-state index in [9.17, 15) is 4.79 Å². The molecule has 8 heteroatoms. The summed E-state index contributed by atoms with van der Waals surface area (Å²) in [6.45, 7) is 6.34. The lowest BCUT2D eigenvalue weighted by Crippen LogP contribution is -2.42. The van der Waals surface area contributed by atoms with E-state index in [0.29, 0.717) is 5.69 Å². The molecule has 2 aliphatic rings. The van der Waals surface area contributed by atoms with Crippen LogP contribution >= 0.6 is 11.6 Å². The van der Waals surface area contributed by atoms with E-state index in [1.807, 2.05) is 0 Å². The van der Waals surface area contributed by atoms with Crippen molar-refractivity contribution in [3.8, 4) is 0 Å². The molecule has 0 aliphatic carbocycles. The summed E-state index contributed by atoms with van der Waals surface area (Å²) >= 11 is 6.23. The van der Waals surface area contributed by atoms with Crippen molar-refractivity contribution < 1.29 is 4.74 Å². The van der Waals surface area contributed by atoms with E-state index < -0.39 is 0 Å². The molecule has 3 heterocycles. The van der Waals surface area contributed by atoms with Crippen molar-refractivity contribution in [3.63, 3.8) is 0 Å². The molecule has 0 spiro atoms. The molecule has 2 aliphatic heterocycles. The van der Waals surface area contributed by atoms with Gasteiger partial charge in [-0.15, -0.1) is 0 Å². The Labute approximate surface area is 176 Å². The number of aryl methyl sites for hydroxylation is 1. The Balaban J connectivity index is 1.43. The number of likely N-dealkylation sites (tertiary alicyclic amines) is 1.